The van der Waals surface area contributed by atoms with Gasteiger partial charge in [0, 0.05) is 49.2 Å². The van der Waals surface area contributed by atoms with Gasteiger partial charge in [-0.2, -0.15) is 0 Å². The van der Waals surface area contributed by atoms with E-state index in [1.807, 2.05) is 30.1 Å². The normalized spacial score (nSPS) is 17.4. The topological polar surface area (TPSA) is 53.5 Å². The molecule has 2 amide bonds. The predicted molar refractivity (Wildman–Crippen MR) is 120 cm³/mol. The van der Waals surface area contributed by atoms with E-state index in [1.165, 1.54) is 12.1 Å². The Labute approximate surface area is 181 Å². The van der Waals surface area contributed by atoms with Crippen LogP contribution in [0.5, 0.6) is 0 Å². The molecule has 0 bridgehead atoms. The molecule has 6 heteroatoms. The van der Waals surface area contributed by atoms with Crippen molar-refractivity contribution in [2.45, 2.75) is 19.8 Å². The van der Waals surface area contributed by atoms with Crippen LogP contribution in [0, 0.1) is 11.7 Å². The quantitative estimate of drug-likeness (QED) is 0.682. The van der Waals surface area contributed by atoms with Gasteiger partial charge in [-0.1, -0.05) is 30.9 Å². The van der Waals surface area contributed by atoms with Crippen LogP contribution in [0.3, 0.4) is 0 Å². The number of aromatic nitrogens is 1. The van der Waals surface area contributed by atoms with Crippen LogP contribution in [0.25, 0.3) is 16.5 Å². The molecule has 4 rings (SSSR count). The third-order valence-corrected chi connectivity index (χ3v) is 5.80. The van der Waals surface area contributed by atoms with Crippen molar-refractivity contribution in [2.75, 3.05) is 26.2 Å². The second kappa shape index (κ2) is 8.84. The van der Waals surface area contributed by atoms with E-state index < -0.39 is 0 Å². The molecule has 1 aliphatic carbocycles. The zero-order chi connectivity index (χ0) is 22.0. The van der Waals surface area contributed by atoms with Gasteiger partial charge in [0.1, 0.15) is 5.82 Å². The first-order chi connectivity index (χ1) is 15.0. The van der Waals surface area contributed by atoms with Gasteiger partial charge in [-0.3, -0.25) is 14.6 Å². The fourth-order valence-corrected chi connectivity index (χ4v) is 4.06. The first-order valence-electron chi connectivity index (χ1n) is 10.7. The predicted octanol–water partition coefficient (Wildman–Crippen LogP) is 4.21. The summed E-state index contributed by atoms with van der Waals surface area (Å²) < 4.78 is 14.1. The summed E-state index contributed by atoms with van der Waals surface area (Å²) in [5.74, 6) is -0.154. The van der Waals surface area contributed by atoms with Crippen LogP contribution in [-0.2, 0) is 4.79 Å². The van der Waals surface area contributed by atoms with Gasteiger partial charge >= 0.3 is 0 Å². The van der Waals surface area contributed by atoms with Crippen LogP contribution in [0.4, 0.5) is 4.39 Å². The number of rotatable bonds is 5. The van der Waals surface area contributed by atoms with Crippen LogP contribution in [0.15, 0.2) is 55.3 Å². The van der Waals surface area contributed by atoms with Gasteiger partial charge in [-0.15, -0.1) is 0 Å². The Hall–Kier alpha value is -3.28. The molecule has 2 heterocycles. The van der Waals surface area contributed by atoms with Crippen molar-refractivity contribution < 1.29 is 14.0 Å². The Bertz CT molecular complexity index is 1090. The molecule has 1 saturated carbocycles. The highest BCUT2D eigenvalue weighted by Crippen LogP contribution is 2.32. The summed E-state index contributed by atoms with van der Waals surface area (Å²) in [5.41, 5.74) is 2.45. The van der Waals surface area contributed by atoms with E-state index in [1.54, 1.807) is 23.2 Å². The zero-order valence-electron chi connectivity index (χ0n) is 17.7. The van der Waals surface area contributed by atoms with Crippen molar-refractivity contribution in [2.24, 2.45) is 5.92 Å². The van der Waals surface area contributed by atoms with Crippen molar-refractivity contribution in [3.8, 4) is 0 Å². The summed E-state index contributed by atoms with van der Waals surface area (Å²) in [4.78, 5) is 33.9. The zero-order valence-corrected chi connectivity index (χ0v) is 17.7. The van der Waals surface area contributed by atoms with Crippen LogP contribution >= 0.6 is 0 Å². The summed E-state index contributed by atoms with van der Waals surface area (Å²) >= 11 is 0. The number of hydrogen-bond acceptors (Lipinski definition) is 3. The maximum Gasteiger partial charge on any atom is 0.256 e. The molecule has 1 aliphatic heterocycles. The second-order valence-electron chi connectivity index (χ2n) is 7.96. The molecular formula is C25H26FN3O2. The number of fused-ring (bicyclic) bond motifs is 1. The number of halogens is 1. The number of piperazine rings is 1. The number of allylic oxidation sites excluding steroid dienone is 5. The number of benzene rings is 1. The first-order valence-corrected chi connectivity index (χ1v) is 10.7. The summed E-state index contributed by atoms with van der Waals surface area (Å²) in [7, 11) is 0. The molecule has 1 saturated heterocycles. The molecule has 5 nitrogen and oxygen atoms in total. The molecule has 1 aromatic heterocycles. The molecule has 0 unspecified atom stereocenters. The highest BCUT2D eigenvalue weighted by atomic mass is 19.1. The maximum absolute atomic E-state index is 14.1. The molecule has 0 radical (unpaired) electrons. The maximum atomic E-state index is 14.1. The van der Waals surface area contributed by atoms with Crippen molar-refractivity contribution >= 4 is 28.3 Å². The standard InChI is InChI=1S/C25H26FN3O2/c1-3-5-17(6-4-2)23-20-15-19(26)9-10-22(20)27-16-21(23)25(31)29-13-11-28(12-14-29)24(30)18-7-8-18/h3-6,9-10,15-16,18H,1,7-8,11-14H2,2H3/b6-4-,17-5+. The Balaban J connectivity index is 1.70. The highest BCUT2D eigenvalue weighted by molar-refractivity contribution is 6.07. The molecular weight excluding hydrogens is 393 g/mol. The van der Waals surface area contributed by atoms with E-state index >= 15 is 0 Å². The molecule has 0 spiro atoms. The van der Waals surface area contributed by atoms with Gasteiger partial charge in [0.05, 0.1) is 11.1 Å². The minimum Gasteiger partial charge on any atom is -0.339 e. The molecule has 2 aromatic rings. The number of pyridine rings is 1. The lowest BCUT2D eigenvalue weighted by molar-refractivity contribution is -0.134. The molecule has 31 heavy (non-hydrogen) atoms. The third kappa shape index (κ3) is 4.29. The van der Waals surface area contributed by atoms with Gasteiger partial charge in [-0.05, 0) is 43.5 Å². The summed E-state index contributed by atoms with van der Waals surface area (Å²) in [6.45, 7) is 7.69. The minimum absolute atomic E-state index is 0.161. The van der Waals surface area contributed by atoms with E-state index in [0.29, 0.717) is 48.2 Å². The van der Waals surface area contributed by atoms with Crippen molar-refractivity contribution in [3.63, 3.8) is 0 Å². The molecule has 160 valence electrons. The Morgan fingerprint density at radius 3 is 2.52 bits per heavy atom. The largest absolute Gasteiger partial charge is 0.339 e. The second-order valence-corrected chi connectivity index (χ2v) is 7.96. The molecule has 1 aromatic carbocycles. The smallest absolute Gasteiger partial charge is 0.256 e. The average molecular weight is 420 g/mol. The molecule has 2 fully saturated rings. The lowest BCUT2D eigenvalue weighted by Crippen LogP contribution is -2.51. The van der Waals surface area contributed by atoms with Gasteiger partial charge in [0.15, 0.2) is 0 Å². The van der Waals surface area contributed by atoms with E-state index in [9.17, 15) is 14.0 Å². The third-order valence-electron chi connectivity index (χ3n) is 5.80. The Morgan fingerprint density at radius 1 is 1.16 bits per heavy atom. The number of nitrogens with zero attached hydrogens (tertiary/aromatic N) is 3. The highest BCUT2D eigenvalue weighted by Gasteiger charge is 2.35. The van der Waals surface area contributed by atoms with Crippen molar-refractivity contribution in [3.05, 3.63) is 72.2 Å². The van der Waals surface area contributed by atoms with Crippen LogP contribution < -0.4 is 0 Å². The van der Waals surface area contributed by atoms with Gasteiger partial charge in [-0.25, -0.2) is 4.39 Å². The fourth-order valence-electron chi connectivity index (χ4n) is 4.06. The monoisotopic (exact) mass is 419 g/mol. The summed E-state index contributed by atoms with van der Waals surface area (Å²) in [6.07, 6.45) is 10.7. The lowest BCUT2D eigenvalue weighted by atomic mass is 9.94. The Kier molecular flexibility index (Phi) is 5.98. The molecule has 2 aliphatic rings. The number of hydrogen-bond donors (Lipinski definition) is 0. The van der Waals surface area contributed by atoms with E-state index in [4.69, 9.17) is 0 Å². The fraction of sp³-hybridized carbons (Fsp3) is 0.320. The average Bonchev–Trinajstić information content (AvgIpc) is 3.63. The van der Waals surface area contributed by atoms with Crippen LogP contribution in [0.2, 0.25) is 0 Å². The van der Waals surface area contributed by atoms with Crippen LogP contribution in [-0.4, -0.2) is 52.8 Å². The van der Waals surface area contributed by atoms with E-state index in [2.05, 4.69) is 11.6 Å². The van der Waals surface area contributed by atoms with Gasteiger partial charge in [0.25, 0.3) is 5.91 Å². The lowest BCUT2D eigenvalue weighted by Gasteiger charge is -2.35. The van der Waals surface area contributed by atoms with Crippen LogP contribution in [0.1, 0.15) is 35.7 Å². The SMILES string of the molecule is C=C/C=C(\C=C/C)c1c(C(=O)N2CCN(C(=O)C3CC3)CC2)cnc2ccc(F)cc12. The van der Waals surface area contributed by atoms with Crippen molar-refractivity contribution in [1.29, 1.82) is 0 Å². The van der Waals surface area contributed by atoms with E-state index in [0.717, 1.165) is 18.4 Å². The summed E-state index contributed by atoms with van der Waals surface area (Å²) in [5, 5.41) is 0.583. The van der Waals surface area contributed by atoms with E-state index in [-0.39, 0.29) is 23.5 Å². The van der Waals surface area contributed by atoms with Gasteiger partial charge in [0.2, 0.25) is 5.91 Å². The minimum atomic E-state index is -0.384. The Morgan fingerprint density at radius 2 is 1.87 bits per heavy atom. The molecule has 0 N–H and O–H groups in total. The number of carbonyl (C=O) groups excluding carboxylic acids is 2. The first kappa shape index (κ1) is 21.0. The summed E-state index contributed by atoms with van der Waals surface area (Å²) in [6, 6.07) is 4.40. The molecule has 0 atom stereocenters. The number of amides is 2. The van der Waals surface area contributed by atoms with Gasteiger partial charge < -0.3 is 9.80 Å². The number of carbonyl (C=O) groups is 2. The van der Waals surface area contributed by atoms with Crippen molar-refractivity contribution in [1.82, 2.24) is 14.8 Å².